The molecule has 2 atom stereocenters. The minimum atomic E-state index is -1.00. The van der Waals surface area contributed by atoms with Gasteiger partial charge in [0.05, 0.1) is 29.2 Å². The molecule has 0 radical (unpaired) electrons. The van der Waals surface area contributed by atoms with Gasteiger partial charge >= 0.3 is 5.97 Å². The lowest BCUT2D eigenvalue weighted by molar-refractivity contribution is -0.117. The number of nitrogens with one attached hydrogen (secondary N) is 3. The highest BCUT2D eigenvalue weighted by molar-refractivity contribution is 5.95. The van der Waals surface area contributed by atoms with Gasteiger partial charge in [-0.25, -0.2) is 14.2 Å². The summed E-state index contributed by atoms with van der Waals surface area (Å²) in [5.41, 5.74) is 2.71. The molecule has 1 saturated heterocycles. The molecule has 2 aromatic heterocycles. The molecule has 3 heterocycles. The Labute approximate surface area is 172 Å². The standard InChI is InChI=1S/C21H22FN5O3/c1-27(30-21(29)13-5-3-2-4-6-13)12-15-10-17-16(24-15)7-8-19(25-17)26-20(28)18-9-14(22)11-23-18/h2-8,10,14,18,23-24H,9,11-12H2,1H3,(H,25,26,28)/t14-,18-/m1/s1. The van der Waals surface area contributed by atoms with Gasteiger partial charge in [-0.15, -0.1) is 5.06 Å². The van der Waals surface area contributed by atoms with Gasteiger partial charge in [0.1, 0.15) is 12.0 Å². The van der Waals surface area contributed by atoms with Crippen molar-refractivity contribution in [1.82, 2.24) is 20.3 Å². The van der Waals surface area contributed by atoms with E-state index in [0.29, 0.717) is 23.4 Å². The van der Waals surface area contributed by atoms with E-state index in [0.717, 1.165) is 11.2 Å². The molecule has 8 nitrogen and oxygen atoms in total. The number of hydroxylamine groups is 2. The van der Waals surface area contributed by atoms with Crippen molar-refractivity contribution >= 4 is 28.7 Å². The summed E-state index contributed by atoms with van der Waals surface area (Å²) >= 11 is 0. The molecule has 0 saturated carbocycles. The fraction of sp³-hybridized carbons (Fsp3) is 0.286. The topological polar surface area (TPSA) is 99.4 Å². The SMILES string of the molecule is CN(Cc1cc2nc(NC(=O)[C@H]3C[C@@H](F)CN3)ccc2[nH]1)OC(=O)c1ccccc1. The van der Waals surface area contributed by atoms with E-state index in [1.807, 2.05) is 12.1 Å². The molecule has 156 valence electrons. The second kappa shape index (κ2) is 8.60. The predicted molar refractivity (Wildman–Crippen MR) is 109 cm³/mol. The van der Waals surface area contributed by atoms with Gasteiger partial charge in [0.2, 0.25) is 5.91 Å². The van der Waals surface area contributed by atoms with Crippen LogP contribution in [0, 0.1) is 0 Å². The molecule has 1 amide bonds. The molecule has 4 rings (SSSR count). The van der Waals surface area contributed by atoms with Crippen molar-refractivity contribution in [2.24, 2.45) is 0 Å². The summed E-state index contributed by atoms with van der Waals surface area (Å²) in [6, 6.07) is 13.5. The fourth-order valence-electron chi connectivity index (χ4n) is 3.37. The van der Waals surface area contributed by atoms with Crippen molar-refractivity contribution in [2.45, 2.75) is 25.2 Å². The van der Waals surface area contributed by atoms with Gasteiger partial charge in [0, 0.05) is 25.7 Å². The maximum absolute atomic E-state index is 13.3. The van der Waals surface area contributed by atoms with Crippen LogP contribution in [0.25, 0.3) is 11.0 Å². The van der Waals surface area contributed by atoms with Crippen LogP contribution < -0.4 is 10.6 Å². The Morgan fingerprint density at radius 1 is 1.27 bits per heavy atom. The molecule has 3 aromatic rings. The molecule has 3 N–H and O–H groups in total. The van der Waals surface area contributed by atoms with Crippen molar-refractivity contribution in [3.8, 4) is 0 Å². The molecule has 1 aliphatic heterocycles. The number of hydrogen-bond acceptors (Lipinski definition) is 6. The Balaban J connectivity index is 1.38. The highest BCUT2D eigenvalue weighted by Crippen LogP contribution is 2.18. The zero-order valence-corrected chi connectivity index (χ0v) is 16.4. The number of hydrogen-bond donors (Lipinski definition) is 3. The summed E-state index contributed by atoms with van der Waals surface area (Å²) in [7, 11) is 1.66. The molecule has 0 unspecified atom stereocenters. The minimum Gasteiger partial charge on any atom is -0.364 e. The molecule has 1 aliphatic rings. The molecular formula is C21H22FN5O3. The second-order valence-electron chi connectivity index (χ2n) is 7.24. The van der Waals surface area contributed by atoms with Gasteiger partial charge in [0.25, 0.3) is 0 Å². The van der Waals surface area contributed by atoms with E-state index in [4.69, 9.17) is 4.84 Å². The summed E-state index contributed by atoms with van der Waals surface area (Å²) in [6.07, 6.45) is -0.840. The number of aromatic nitrogens is 2. The van der Waals surface area contributed by atoms with Gasteiger partial charge in [-0.3, -0.25) is 4.79 Å². The zero-order valence-electron chi connectivity index (χ0n) is 16.4. The lowest BCUT2D eigenvalue weighted by atomic mass is 10.2. The Morgan fingerprint density at radius 2 is 2.07 bits per heavy atom. The molecule has 1 fully saturated rings. The summed E-state index contributed by atoms with van der Waals surface area (Å²) in [5.74, 6) is -0.343. The number of pyridine rings is 1. The Kier molecular flexibility index (Phi) is 5.73. The van der Waals surface area contributed by atoms with Gasteiger partial charge in [0.15, 0.2) is 0 Å². The van der Waals surface area contributed by atoms with Crippen molar-refractivity contribution < 1.29 is 18.8 Å². The summed E-state index contributed by atoms with van der Waals surface area (Å²) in [6.45, 7) is 0.522. The Morgan fingerprint density at radius 3 is 2.80 bits per heavy atom. The average Bonchev–Trinajstić information content (AvgIpc) is 3.33. The molecule has 0 spiro atoms. The maximum atomic E-state index is 13.3. The van der Waals surface area contributed by atoms with Crippen LogP contribution in [0.1, 0.15) is 22.5 Å². The lowest BCUT2D eigenvalue weighted by Gasteiger charge is -2.15. The third-order valence-electron chi connectivity index (χ3n) is 4.82. The van der Waals surface area contributed by atoms with E-state index in [2.05, 4.69) is 20.6 Å². The zero-order chi connectivity index (χ0) is 21.1. The number of nitrogens with zero attached hydrogens (tertiary/aromatic N) is 2. The quantitative estimate of drug-likeness (QED) is 0.539. The van der Waals surface area contributed by atoms with Crippen LogP contribution in [0.4, 0.5) is 10.2 Å². The van der Waals surface area contributed by atoms with Gasteiger partial charge in [-0.05, 0) is 30.3 Å². The molecule has 0 bridgehead atoms. The van der Waals surface area contributed by atoms with Crippen molar-refractivity contribution in [3.05, 3.63) is 59.8 Å². The summed E-state index contributed by atoms with van der Waals surface area (Å²) in [5, 5.41) is 7.00. The number of carbonyl (C=O) groups is 2. The van der Waals surface area contributed by atoms with E-state index in [1.54, 1.807) is 43.4 Å². The minimum absolute atomic E-state index is 0.163. The largest absolute Gasteiger partial charge is 0.364 e. The van der Waals surface area contributed by atoms with Gasteiger partial charge < -0.3 is 20.5 Å². The highest BCUT2D eigenvalue weighted by Gasteiger charge is 2.29. The molecule has 30 heavy (non-hydrogen) atoms. The molecular weight excluding hydrogens is 389 g/mol. The van der Waals surface area contributed by atoms with Crippen LogP contribution in [0.15, 0.2) is 48.5 Å². The number of halogens is 1. The van der Waals surface area contributed by atoms with E-state index >= 15 is 0 Å². The normalized spacial score (nSPS) is 18.6. The number of aromatic amines is 1. The maximum Gasteiger partial charge on any atom is 0.357 e. The van der Waals surface area contributed by atoms with Crippen molar-refractivity contribution in [3.63, 3.8) is 0 Å². The number of carbonyl (C=O) groups excluding carboxylic acids is 2. The van der Waals surface area contributed by atoms with Crippen LogP contribution in [0.3, 0.4) is 0 Å². The lowest BCUT2D eigenvalue weighted by Crippen LogP contribution is -2.35. The second-order valence-corrected chi connectivity index (χ2v) is 7.24. The van der Waals surface area contributed by atoms with Crippen LogP contribution in [-0.4, -0.2) is 52.7 Å². The van der Waals surface area contributed by atoms with Crippen LogP contribution in [0.2, 0.25) is 0 Å². The Hall–Kier alpha value is -3.30. The number of fused-ring (bicyclic) bond motifs is 1. The summed E-state index contributed by atoms with van der Waals surface area (Å²) in [4.78, 5) is 37.3. The van der Waals surface area contributed by atoms with E-state index in [9.17, 15) is 14.0 Å². The first-order valence-corrected chi connectivity index (χ1v) is 9.63. The molecule has 0 aliphatic carbocycles. The van der Waals surface area contributed by atoms with Gasteiger partial charge in [-0.2, -0.15) is 0 Å². The van der Waals surface area contributed by atoms with Crippen LogP contribution in [-0.2, 0) is 16.2 Å². The van der Waals surface area contributed by atoms with Crippen molar-refractivity contribution in [1.29, 1.82) is 0 Å². The smallest absolute Gasteiger partial charge is 0.357 e. The third-order valence-corrected chi connectivity index (χ3v) is 4.82. The number of amides is 1. The first-order valence-electron chi connectivity index (χ1n) is 9.63. The average molecular weight is 411 g/mol. The van der Waals surface area contributed by atoms with E-state index < -0.39 is 18.2 Å². The summed E-state index contributed by atoms with van der Waals surface area (Å²) < 4.78 is 13.3. The Bertz CT molecular complexity index is 1060. The van der Waals surface area contributed by atoms with Crippen molar-refractivity contribution in [2.75, 3.05) is 18.9 Å². The number of H-pyrrole nitrogens is 1. The van der Waals surface area contributed by atoms with E-state index in [-0.39, 0.29) is 18.9 Å². The molecule has 1 aromatic carbocycles. The van der Waals surface area contributed by atoms with Gasteiger partial charge in [-0.1, -0.05) is 18.2 Å². The van der Waals surface area contributed by atoms with Crippen LogP contribution >= 0.6 is 0 Å². The van der Waals surface area contributed by atoms with E-state index in [1.165, 1.54) is 5.06 Å². The number of rotatable bonds is 6. The third kappa shape index (κ3) is 4.64. The first kappa shape index (κ1) is 20.0. The predicted octanol–water partition coefficient (Wildman–Crippen LogP) is 2.41. The monoisotopic (exact) mass is 411 g/mol. The van der Waals surface area contributed by atoms with Crippen LogP contribution in [0.5, 0.6) is 0 Å². The molecule has 9 heteroatoms. The number of alkyl halides is 1. The fourth-order valence-corrected chi connectivity index (χ4v) is 3.37. The number of benzene rings is 1. The number of anilines is 1. The highest BCUT2D eigenvalue weighted by atomic mass is 19.1. The first-order chi connectivity index (χ1) is 14.5.